The number of thiophene rings is 1. The second-order valence-electron chi connectivity index (χ2n) is 7.39. The van der Waals surface area contributed by atoms with Gasteiger partial charge in [-0.3, -0.25) is 4.90 Å². The van der Waals surface area contributed by atoms with E-state index in [9.17, 15) is 13.2 Å². The van der Waals surface area contributed by atoms with E-state index >= 15 is 0 Å². The first kappa shape index (κ1) is 20.8. The summed E-state index contributed by atoms with van der Waals surface area (Å²) >= 11 is 1.67. The van der Waals surface area contributed by atoms with Crippen LogP contribution in [0.15, 0.2) is 47.8 Å². The number of aryl methyl sites for hydroxylation is 1. The lowest BCUT2D eigenvalue weighted by molar-refractivity contribution is -0.137. The summed E-state index contributed by atoms with van der Waals surface area (Å²) in [5.74, 6) is 0.781. The van der Waals surface area contributed by atoms with Crippen molar-refractivity contribution in [1.82, 2.24) is 14.9 Å². The normalized spacial score (nSPS) is 15.5. The highest BCUT2D eigenvalue weighted by molar-refractivity contribution is 7.13. The molecule has 1 aliphatic rings. The van der Waals surface area contributed by atoms with Gasteiger partial charge in [0.25, 0.3) is 0 Å². The van der Waals surface area contributed by atoms with E-state index in [0.717, 1.165) is 79.1 Å². The molecule has 30 heavy (non-hydrogen) atoms. The fourth-order valence-electron chi connectivity index (χ4n) is 3.67. The van der Waals surface area contributed by atoms with Crippen LogP contribution in [0.3, 0.4) is 0 Å². The number of hydrogen-bond acceptors (Lipinski definition) is 5. The minimum absolute atomic E-state index is 0.605. The molecule has 0 saturated carbocycles. The monoisotopic (exact) mass is 432 g/mol. The van der Waals surface area contributed by atoms with Crippen LogP contribution in [-0.2, 0) is 12.6 Å². The zero-order valence-corrected chi connectivity index (χ0v) is 17.5. The summed E-state index contributed by atoms with van der Waals surface area (Å²) in [6.45, 7) is 6.18. The average molecular weight is 433 g/mol. The molecule has 158 valence electrons. The highest BCUT2D eigenvalue weighted by Gasteiger charge is 2.30. The third kappa shape index (κ3) is 4.99. The molecule has 0 bridgehead atoms. The standard InChI is InChI=1S/C22H23F3N4S/c1-16-26-18(15-20(27-16)21-3-2-14-30-21)8-9-28-10-12-29(13-11-28)19-6-4-17(5-7-19)22(23,24)25/h2-7,14-15H,8-13H2,1H3. The van der Waals surface area contributed by atoms with E-state index in [2.05, 4.69) is 31.9 Å². The van der Waals surface area contributed by atoms with Crippen LogP contribution >= 0.6 is 11.3 Å². The van der Waals surface area contributed by atoms with E-state index in [1.807, 2.05) is 18.4 Å². The molecule has 0 atom stereocenters. The van der Waals surface area contributed by atoms with Gasteiger partial charge in [0, 0.05) is 50.5 Å². The second kappa shape index (κ2) is 8.73. The molecule has 2 aromatic heterocycles. The maximum absolute atomic E-state index is 12.7. The van der Waals surface area contributed by atoms with Crippen LogP contribution in [0.1, 0.15) is 17.1 Å². The van der Waals surface area contributed by atoms with Crippen LogP contribution in [0.4, 0.5) is 18.9 Å². The van der Waals surface area contributed by atoms with Gasteiger partial charge in [-0.25, -0.2) is 9.97 Å². The van der Waals surface area contributed by atoms with Crippen LogP contribution in [0.25, 0.3) is 10.6 Å². The summed E-state index contributed by atoms with van der Waals surface area (Å²) < 4.78 is 38.2. The molecule has 8 heteroatoms. The molecule has 1 aliphatic heterocycles. The second-order valence-corrected chi connectivity index (χ2v) is 8.34. The Bertz CT molecular complexity index is 963. The number of piperazine rings is 1. The zero-order valence-electron chi connectivity index (χ0n) is 16.7. The van der Waals surface area contributed by atoms with Gasteiger partial charge >= 0.3 is 6.18 Å². The Morgan fingerprint density at radius 3 is 2.37 bits per heavy atom. The fourth-order valence-corrected chi connectivity index (χ4v) is 4.36. The molecule has 0 radical (unpaired) electrons. The summed E-state index contributed by atoms with van der Waals surface area (Å²) in [5, 5.41) is 2.04. The summed E-state index contributed by atoms with van der Waals surface area (Å²) in [5.41, 5.74) is 2.25. The number of hydrogen-bond donors (Lipinski definition) is 0. The van der Waals surface area contributed by atoms with E-state index in [1.54, 1.807) is 23.5 Å². The van der Waals surface area contributed by atoms with E-state index in [1.165, 1.54) is 0 Å². The number of halogens is 3. The Kier molecular flexibility index (Phi) is 6.06. The van der Waals surface area contributed by atoms with Gasteiger partial charge in [0.05, 0.1) is 16.1 Å². The molecular formula is C22H23F3N4S. The van der Waals surface area contributed by atoms with Crippen molar-refractivity contribution in [1.29, 1.82) is 0 Å². The largest absolute Gasteiger partial charge is 0.416 e. The third-order valence-electron chi connectivity index (χ3n) is 5.28. The maximum atomic E-state index is 12.7. The van der Waals surface area contributed by atoms with Gasteiger partial charge in [-0.05, 0) is 48.7 Å². The van der Waals surface area contributed by atoms with Gasteiger partial charge in [-0.2, -0.15) is 13.2 Å². The van der Waals surface area contributed by atoms with Crippen molar-refractivity contribution in [3.05, 3.63) is 64.9 Å². The van der Waals surface area contributed by atoms with Crippen LogP contribution in [0.2, 0.25) is 0 Å². The van der Waals surface area contributed by atoms with Crippen LogP contribution in [-0.4, -0.2) is 47.6 Å². The van der Waals surface area contributed by atoms with E-state index < -0.39 is 11.7 Å². The smallest absolute Gasteiger partial charge is 0.369 e. The zero-order chi connectivity index (χ0) is 21.1. The topological polar surface area (TPSA) is 32.3 Å². The average Bonchev–Trinajstić information content (AvgIpc) is 3.27. The van der Waals surface area contributed by atoms with Crippen LogP contribution < -0.4 is 4.90 Å². The predicted molar refractivity (Wildman–Crippen MR) is 114 cm³/mol. The highest BCUT2D eigenvalue weighted by Crippen LogP contribution is 2.30. The Morgan fingerprint density at radius 1 is 1.00 bits per heavy atom. The van der Waals surface area contributed by atoms with Crippen molar-refractivity contribution < 1.29 is 13.2 Å². The SMILES string of the molecule is Cc1nc(CCN2CCN(c3ccc(C(F)(F)F)cc3)CC2)cc(-c2cccs2)n1. The first-order valence-electron chi connectivity index (χ1n) is 9.91. The molecule has 0 N–H and O–H groups in total. The molecule has 0 spiro atoms. The Morgan fingerprint density at radius 2 is 1.73 bits per heavy atom. The molecule has 3 heterocycles. The van der Waals surface area contributed by atoms with Gasteiger partial charge in [-0.1, -0.05) is 6.07 Å². The lowest BCUT2D eigenvalue weighted by Gasteiger charge is -2.36. The van der Waals surface area contributed by atoms with E-state index in [4.69, 9.17) is 0 Å². The highest BCUT2D eigenvalue weighted by atomic mass is 32.1. The Labute approximate surface area is 178 Å². The van der Waals surface area contributed by atoms with Crippen molar-refractivity contribution in [3.8, 4) is 10.6 Å². The number of alkyl halides is 3. The lowest BCUT2D eigenvalue weighted by atomic mass is 10.1. The molecule has 1 aromatic carbocycles. The molecule has 0 unspecified atom stereocenters. The predicted octanol–water partition coefficient (Wildman–Crippen LogP) is 4.90. The summed E-state index contributed by atoms with van der Waals surface area (Å²) in [6, 6.07) is 11.6. The number of nitrogens with zero attached hydrogens (tertiary/aromatic N) is 4. The van der Waals surface area contributed by atoms with Crippen molar-refractivity contribution >= 4 is 17.0 Å². The van der Waals surface area contributed by atoms with Gasteiger partial charge in [-0.15, -0.1) is 11.3 Å². The Hall–Kier alpha value is -2.45. The van der Waals surface area contributed by atoms with Gasteiger partial charge < -0.3 is 4.90 Å². The minimum Gasteiger partial charge on any atom is -0.369 e. The van der Waals surface area contributed by atoms with Gasteiger partial charge in [0.15, 0.2) is 0 Å². The Balaban J connectivity index is 1.31. The van der Waals surface area contributed by atoms with Crippen molar-refractivity contribution in [2.75, 3.05) is 37.6 Å². The van der Waals surface area contributed by atoms with Crippen LogP contribution in [0, 0.1) is 6.92 Å². The maximum Gasteiger partial charge on any atom is 0.416 e. The first-order chi connectivity index (χ1) is 14.4. The van der Waals surface area contributed by atoms with Gasteiger partial charge in [0.2, 0.25) is 0 Å². The number of benzene rings is 1. The van der Waals surface area contributed by atoms with Crippen LogP contribution in [0.5, 0.6) is 0 Å². The summed E-state index contributed by atoms with van der Waals surface area (Å²) in [7, 11) is 0. The molecule has 4 rings (SSSR count). The first-order valence-corrected chi connectivity index (χ1v) is 10.8. The molecule has 1 fully saturated rings. The van der Waals surface area contributed by atoms with Crippen molar-refractivity contribution in [3.63, 3.8) is 0 Å². The molecule has 4 nitrogen and oxygen atoms in total. The fraction of sp³-hybridized carbons (Fsp3) is 0.364. The quantitative estimate of drug-likeness (QED) is 0.574. The lowest BCUT2D eigenvalue weighted by Crippen LogP contribution is -2.47. The summed E-state index contributed by atoms with van der Waals surface area (Å²) in [6.07, 6.45) is -3.44. The number of anilines is 1. The van der Waals surface area contributed by atoms with Gasteiger partial charge in [0.1, 0.15) is 5.82 Å². The molecule has 0 aliphatic carbocycles. The molecular weight excluding hydrogens is 409 g/mol. The minimum atomic E-state index is -4.29. The molecule has 3 aromatic rings. The molecule has 1 saturated heterocycles. The third-order valence-corrected chi connectivity index (χ3v) is 6.17. The number of aromatic nitrogens is 2. The van der Waals surface area contributed by atoms with E-state index in [-0.39, 0.29) is 0 Å². The summed E-state index contributed by atoms with van der Waals surface area (Å²) in [4.78, 5) is 14.8. The number of rotatable bonds is 5. The van der Waals surface area contributed by atoms with E-state index in [0.29, 0.717) is 0 Å². The van der Waals surface area contributed by atoms with Crippen molar-refractivity contribution in [2.45, 2.75) is 19.5 Å². The molecule has 0 amide bonds. The van der Waals surface area contributed by atoms with Crippen molar-refractivity contribution in [2.24, 2.45) is 0 Å².